The third-order valence-corrected chi connectivity index (χ3v) is 3.25. The van der Waals surface area contributed by atoms with Gasteiger partial charge in [0, 0.05) is 6.04 Å². The third kappa shape index (κ3) is 3.16. The average molecular weight is 259 g/mol. The molecule has 0 aliphatic carbocycles. The molecule has 1 aliphatic heterocycles. The average Bonchev–Trinajstić information content (AvgIpc) is 2.75. The minimum Gasteiger partial charge on any atom is -0.406 e. The summed E-state index contributed by atoms with van der Waals surface area (Å²) in [5.41, 5.74) is 0.899. The Morgan fingerprint density at radius 3 is 2.83 bits per heavy atom. The summed E-state index contributed by atoms with van der Waals surface area (Å²) in [5.74, 6) is -0.136. The van der Waals surface area contributed by atoms with Crippen molar-refractivity contribution in [3.63, 3.8) is 0 Å². The fraction of sp³-hybridized carbons (Fsp3) is 0.538. The monoisotopic (exact) mass is 259 g/mol. The Morgan fingerprint density at radius 1 is 1.39 bits per heavy atom. The number of hydrogen-bond acceptors (Lipinski definition) is 2. The van der Waals surface area contributed by atoms with E-state index in [1.807, 2.05) is 6.07 Å². The standard InChI is InChI=1S/C13H16F3NO/c1-2-17-8-4-7-12(17)10-5-3-6-11(9-10)18-13(14,15)16/h3,5-6,9,12H,2,4,7-8H2,1H3. The highest BCUT2D eigenvalue weighted by Gasteiger charge is 2.31. The van der Waals surface area contributed by atoms with E-state index < -0.39 is 6.36 Å². The van der Waals surface area contributed by atoms with Crippen LogP contribution in [0.5, 0.6) is 5.75 Å². The molecule has 1 unspecified atom stereocenters. The van der Waals surface area contributed by atoms with E-state index in [4.69, 9.17) is 0 Å². The van der Waals surface area contributed by atoms with Gasteiger partial charge in [-0.2, -0.15) is 0 Å². The molecule has 2 nitrogen and oxygen atoms in total. The molecule has 0 bridgehead atoms. The molecule has 1 atom stereocenters. The van der Waals surface area contributed by atoms with Crippen LogP contribution < -0.4 is 4.74 Å². The Labute approximate surface area is 104 Å². The molecule has 0 amide bonds. The maximum absolute atomic E-state index is 12.2. The molecule has 1 fully saturated rings. The van der Waals surface area contributed by atoms with Crippen molar-refractivity contribution in [1.29, 1.82) is 0 Å². The SMILES string of the molecule is CCN1CCCC1c1cccc(OC(F)(F)F)c1. The van der Waals surface area contributed by atoms with Gasteiger partial charge in [0.1, 0.15) is 5.75 Å². The quantitative estimate of drug-likeness (QED) is 0.819. The predicted molar refractivity (Wildman–Crippen MR) is 62.3 cm³/mol. The van der Waals surface area contributed by atoms with Crippen LogP contribution in [0.2, 0.25) is 0 Å². The zero-order chi connectivity index (χ0) is 13.2. The Hall–Kier alpha value is -1.23. The predicted octanol–water partition coefficient (Wildman–Crippen LogP) is 3.74. The number of benzene rings is 1. The summed E-state index contributed by atoms with van der Waals surface area (Å²) < 4.78 is 40.4. The van der Waals surface area contributed by atoms with Crippen molar-refractivity contribution in [2.75, 3.05) is 13.1 Å². The molecule has 100 valence electrons. The summed E-state index contributed by atoms with van der Waals surface area (Å²) in [7, 11) is 0. The molecule has 1 aliphatic rings. The minimum absolute atomic E-state index is 0.136. The topological polar surface area (TPSA) is 12.5 Å². The molecule has 0 N–H and O–H groups in total. The zero-order valence-electron chi connectivity index (χ0n) is 10.2. The van der Waals surface area contributed by atoms with Crippen LogP contribution in [0, 0.1) is 0 Å². The second-order valence-electron chi connectivity index (χ2n) is 4.41. The maximum Gasteiger partial charge on any atom is 0.573 e. The molecule has 5 heteroatoms. The number of halogens is 3. The van der Waals surface area contributed by atoms with Crippen LogP contribution in [0.4, 0.5) is 13.2 Å². The normalized spacial score (nSPS) is 21.2. The molecule has 0 aromatic heterocycles. The van der Waals surface area contributed by atoms with Crippen LogP contribution >= 0.6 is 0 Å². The van der Waals surface area contributed by atoms with Gasteiger partial charge >= 0.3 is 6.36 Å². The molecule has 1 aromatic carbocycles. The highest BCUT2D eigenvalue weighted by molar-refractivity contribution is 5.31. The molecule has 1 aromatic rings. The van der Waals surface area contributed by atoms with Gasteiger partial charge in [-0.1, -0.05) is 19.1 Å². The van der Waals surface area contributed by atoms with Gasteiger partial charge in [0.15, 0.2) is 0 Å². The molecule has 0 spiro atoms. The van der Waals surface area contributed by atoms with E-state index in [1.165, 1.54) is 12.1 Å². The second kappa shape index (κ2) is 5.18. The first-order valence-electron chi connectivity index (χ1n) is 6.09. The van der Waals surface area contributed by atoms with Crippen molar-refractivity contribution in [2.45, 2.75) is 32.2 Å². The second-order valence-corrected chi connectivity index (χ2v) is 4.41. The molecular weight excluding hydrogens is 243 g/mol. The number of ether oxygens (including phenoxy) is 1. The van der Waals surface area contributed by atoms with Crippen molar-refractivity contribution >= 4 is 0 Å². The number of nitrogens with zero attached hydrogens (tertiary/aromatic N) is 1. The molecule has 18 heavy (non-hydrogen) atoms. The number of likely N-dealkylation sites (tertiary alicyclic amines) is 1. The van der Waals surface area contributed by atoms with E-state index in [-0.39, 0.29) is 11.8 Å². The van der Waals surface area contributed by atoms with E-state index in [0.29, 0.717) is 0 Å². The van der Waals surface area contributed by atoms with E-state index in [2.05, 4.69) is 16.6 Å². The van der Waals surface area contributed by atoms with Crippen LogP contribution in [0.3, 0.4) is 0 Å². The highest BCUT2D eigenvalue weighted by atomic mass is 19.4. The first kappa shape index (κ1) is 13.2. The van der Waals surface area contributed by atoms with Gasteiger partial charge in [0.05, 0.1) is 0 Å². The zero-order valence-corrected chi connectivity index (χ0v) is 10.2. The van der Waals surface area contributed by atoms with Gasteiger partial charge in [-0.3, -0.25) is 4.90 Å². The first-order chi connectivity index (χ1) is 8.49. The van der Waals surface area contributed by atoms with Crippen LogP contribution in [0.1, 0.15) is 31.4 Å². The van der Waals surface area contributed by atoms with Crippen LogP contribution in [-0.2, 0) is 0 Å². The lowest BCUT2D eigenvalue weighted by atomic mass is 10.0. The van der Waals surface area contributed by atoms with Crippen molar-refractivity contribution in [3.05, 3.63) is 29.8 Å². The highest BCUT2D eigenvalue weighted by Crippen LogP contribution is 2.34. The van der Waals surface area contributed by atoms with Crippen molar-refractivity contribution < 1.29 is 17.9 Å². The van der Waals surface area contributed by atoms with E-state index in [1.54, 1.807) is 6.07 Å². The van der Waals surface area contributed by atoms with Crippen molar-refractivity contribution in [3.8, 4) is 5.75 Å². The summed E-state index contributed by atoms with van der Waals surface area (Å²) in [6.45, 7) is 3.98. The lowest BCUT2D eigenvalue weighted by Crippen LogP contribution is -2.23. The number of hydrogen-bond donors (Lipinski definition) is 0. The first-order valence-corrected chi connectivity index (χ1v) is 6.09. The lowest BCUT2D eigenvalue weighted by Gasteiger charge is -2.23. The van der Waals surface area contributed by atoms with Gasteiger partial charge in [-0.15, -0.1) is 13.2 Å². The smallest absolute Gasteiger partial charge is 0.406 e. The summed E-state index contributed by atoms with van der Waals surface area (Å²) in [6, 6.07) is 6.52. The fourth-order valence-corrected chi connectivity index (χ4v) is 2.50. The summed E-state index contributed by atoms with van der Waals surface area (Å²) in [6.07, 6.45) is -2.55. The number of rotatable bonds is 3. The van der Waals surface area contributed by atoms with Crippen LogP contribution in [-0.4, -0.2) is 24.4 Å². The van der Waals surface area contributed by atoms with Gasteiger partial charge in [0.2, 0.25) is 0 Å². The van der Waals surface area contributed by atoms with Gasteiger partial charge in [0.25, 0.3) is 0 Å². The van der Waals surface area contributed by atoms with E-state index in [0.717, 1.165) is 31.5 Å². The van der Waals surface area contributed by atoms with Crippen molar-refractivity contribution in [1.82, 2.24) is 4.90 Å². The molecule has 2 rings (SSSR count). The van der Waals surface area contributed by atoms with Crippen molar-refractivity contribution in [2.24, 2.45) is 0 Å². The van der Waals surface area contributed by atoms with Crippen LogP contribution in [0.15, 0.2) is 24.3 Å². The Morgan fingerprint density at radius 2 is 2.17 bits per heavy atom. The van der Waals surface area contributed by atoms with E-state index >= 15 is 0 Å². The summed E-state index contributed by atoms with van der Waals surface area (Å²) in [5, 5.41) is 0. The molecule has 0 radical (unpaired) electrons. The largest absolute Gasteiger partial charge is 0.573 e. The summed E-state index contributed by atoms with van der Waals surface area (Å²) in [4.78, 5) is 2.27. The van der Waals surface area contributed by atoms with Gasteiger partial charge < -0.3 is 4.74 Å². The van der Waals surface area contributed by atoms with Crippen LogP contribution in [0.25, 0.3) is 0 Å². The van der Waals surface area contributed by atoms with Gasteiger partial charge in [-0.05, 0) is 43.6 Å². The van der Waals surface area contributed by atoms with Gasteiger partial charge in [-0.25, -0.2) is 0 Å². The third-order valence-electron chi connectivity index (χ3n) is 3.25. The molecule has 1 heterocycles. The van der Waals surface area contributed by atoms with E-state index in [9.17, 15) is 13.2 Å². The minimum atomic E-state index is -4.63. The summed E-state index contributed by atoms with van der Waals surface area (Å²) >= 11 is 0. The number of alkyl halides is 3. The maximum atomic E-state index is 12.2. The fourth-order valence-electron chi connectivity index (χ4n) is 2.50. The Balaban J connectivity index is 2.16. The Kier molecular flexibility index (Phi) is 3.80. The lowest BCUT2D eigenvalue weighted by molar-refractivity contribution is -0.274. The molecular formula is C13H16F3NO. The molecule has 1 saturated heterocycles. The molecule has 0 saturated carbocycles. The Bertz CT molecular complexity index is 405.